The largest absolute Gasteiger partial charge is 0.341 e. The SMILES string of the molecule is CCN(CC)c1nnc(C=O)n1C. The Morgan fingerprint density at radius 2 is 2.00 bits per heavy atom. The molecule has 0 aliphatic rings. The molecule has 5 nitrogen and oxygen atoms in total. The van der Waals surface area contributed by atoms with Crippen LogP contribution >= 0.6 is 0 Å². The summed E-state index contributed by atoms with van der Waals surface area (Å²) >= 11 is 0. The molecule has 72 valence electrons. The van der Waals surface area contributed by atoms with E-state index in [2.05, 4.69) is 10.2 Å². The van der Waals surface area contributed by atoms with Gasteiger partial charge < -0.3 is 4.90 Å². The van der Waals surface area contributed by atoms with Crippen LogP contribution in [0.2, 0.25) is 0 Å². The predicted molar refractivity (Wildman–Crippen MR) is 50.0 cm³/mol. The van der Waals surface area contributed by atoms with E-state index < -0.39 is 0 Å². The van der Waals surface area contributed by atoms with E-state index in [0.717, 1.165) is 19.0 Å². The van der Waals surface area contributed by atoms with Gasteiger partial charge in [-0.25, -0.2) is 0 Å². The highest BCUT2D eigenvalue weighted by Gasteiger charge is 2.11. The Balaban J connectivity index is 3.00. The highest BCUT2D eigenvalue weighted by molar-refractivity contribution is 5.69. The number of aromatic nitrogens is 3. The Labute approximate surface area is 77.4 Å². The molecule has 0 spiro atoms. The van der Waals surface area contributed by atoms with Gasteiger partial charge in [0.2, 0.25) is 5.95 Å². The van der Waals surface area contributed by atoms with Crippen molar-refractivity contribution in [1.82, 2.24) is 14.8 Å². The van der Waals surface area contributed by atoms with E-state index in [1.807, 2.05) is 18.7 Å². The molecular formula is C8H14N4O. The van der Waals surface area contributed by atoms with E-state index in [4.69, 9.17) is 0 Å². The van der Waals surface area contributed by atoms with Gasteiger partial charge in [0.1, 0.15) is 0 Å². The van der Waals surface area contributed by atoms with Crippen LogP contribution in [0.25, 0.3) is 0 Å². The topological polar surface area (TPSA) is 51.0 Å². The summed E-state index contributed by atoms with van der Waals surface area (Å²) in [5.41, 5.74) is 0. The van der Waals surface area contributed by atoms with Gasteiger partial charge >= 0.3 is 0 Å². The van der Waals surface area contributed by atoms with Gasteiger partial charge in [0.05, 0.1) is 0 Å². The summed E-state index contributed by atoms with van der Waals surface area (Å²) in [4.78, 5) is 12.5. The Bertz CT molecular complexity index is 290. The Hall–Kier alpha value is -1.39. The van der Waals surface area contributed by atoms with Crippen molar-refractivity contribution in [2.45, 2.75) is 13.8 Å². The van der Waals surface area contributed by atoms with Crippen molar-refractivity contribution >= 4 is 12.2 Å². The third kappa shape index (κ3) is 1.68. The van der Waals surface area contributed by atoms with Crippen molar-refractivity contribution < 1.29 is 4.79 Å². The standard InChI is InChI=1S/C8H14N4O/c1-4-12(5-2)8-10-9-7(6-13)11(8)3/h6H,4-5H2,1-3H3. The fourth-order valence-corrected chi connectivity index (χ4v) is 1.22. The molecular weight excluding hydrogens is 168 g/mol. The number of anilines is 1. The van der Waals surface area contributed by atoms with Crippen LogP contribution in [0.5, 0.6) is 0 Å². The van der Waals surface area contributed by atoms with E-state index in [1.54, 1.807) is 11.6 Å². The minimum atomic E-state index is 0.363. The van der Waals surface area contributed by atoms with E-state index in [0.29, 0.717) is 12.1 Å². The molecule has 0 radical (unpaired) electrons. The molecule has 1 heterocycles. The number of hydrogen-bond acceptors (Lipinski definition) is 4. The molecule has 0 bridgehead atoms. The van der Waals surface area contributed by atoms with Crippen LogP contribution in [0.4, 0.5) is 5.95 Å². The van der Waals surface area contributed by atoms with Gasteiger partial charge in [-0.15, -0.1) is 10.2 Å². The Morgan fingerprint density at radius 3 is 2.38 bits per heavy atom. The summed E-state index contributed by atoms with van der Waals surface area (Å²) in [6, 6.07) is 0. The predicted octanol–water partition coefficient (Wildman–Crippen LogP) is 0.474. The maximum atomic E-state index is 10.5. The van der Waals surface area contributed by atoms with Crippen LogP contribution in [0.3, 0.4) is 0 Å². The van der Waals surface area contributed by atoms with Gasteiger partial charge in [0.25, 0.3) is 0 Å². The first-order chi connectivity index (χ1) is 6.24. The number of nitrogens with zero attached hydrogens (tertiary/aromatic N) is 4. The molecule has 0 aliphatic heterocycles. The normalized spacial score (nSPS) is 10.1. The number of carbonyl (C=O) groups is 1. The first kappa shape index (κ1) is 9.70. The lowest BCUT2D eigenvalue weighted by Crippen LogP contribution is -2.25. The molecule has 13 heavy (non-hydrogen) atoms. The lowest BCUT2D eigenvalue weighted by atomic mass is 10.5. The van der Waals surface area contributed by atoms with E-state index >= 15 is 0 Å². The van der Waals surface area contributed by atoms with Crippen LogP contribution in [-0.2, 0) is 7.05 Å². The zero-order chi connectivity index (χ0) is 9.84. The van der Waals surface area contributed by atoms with Crippen LogP contribution < -0.4 is 4.90 Å². The van der Waals surface area contributed by atoms with Gasteiger partial charge in [-0.05, 0) is 13.8 Å². The maximum Gasteiger partial charge on any atom is 0.227 e. The van der Waals surface area contributed by atoms with Crippen molar-refractivity contribution in [3.05, 3.63) is 5.82 Å². The summed E-state index contributed by atoms with van der Waals surface area (Å²) in [7, 11) is 1.79. The minimum absolute atomic E-state index is 0.363. The molecule has 0 saturated carbocycles. The molecule has 0 aliphatic carbocycles. The summed E-state index contributed by atoms with van der Waals surface area (Å²) in [5.74, 6) is 1.11. The summed E-state index contributed by atoms with van der Waals surface area (Å²) < 4.78 is 1.69. The molecule has 1 aromatic heterocycles. The molecule has 0 aromatic carbocycles. The van der Waals surface area contributed by atoms with Gasteiger partial charge in [-0.3, -0.25) is 9.36 Å². The molecule has 0 unspecified atom stereocenters. The average molecular weight is 182 g/mol. The van der Waals surface area contributed by atoms with Crippen molar-refractivity contribution in [1.29, 1.82) is 0 Å². The van der Waals surface area contributed by atoms with Crippen molar-refractivity contribution in [2.24, 2.45) is 7.05 Å². The third-order valence-corrected chi connectivity index (χ3v) is 2.04. The molecule has 5 heteroatoms. The van der Waals surface area contributed by atoms with E-state index in [9.17, 15) is 4.79 Å². The van der Waals surface area contributed by atoms with Gasteiger partial charge in [0.15, 0.2) is 12.1 Å². The van der Waals surface area contributed by atoms with E-state index in [-0.39, 0.29) is 0 Å². The number of carbonyl (C=O) groups excluding carboxylic acids is 1. The maximum absolute atomic E-state index is 10.5. The zero-order valence-electron chi connectivity index (χ0n) is 8.19. The molecule has 1 aromatic rings. The first-order valence-corrected chi connectivity index (χ1v) is 4.34. The van der Waals surface area contributed by atoms with Crippen molar-refractivity contribution in [3.8, 4) is 0 Å². The van der Waals surface area contributed by atoms with Crippen LogP contribution in [0.1, 0.15) is 24.5 Å². The van der Waals surface area contributed by atoms with Crippen molar-refractivity contribution in [3.63, 3.8) is 0 Å². The summed E-state index contributed by atoms with van der Waals surface area (Å²) in [6.45, 7) is 5.81. The fraction of sp³-hybridized carbons (Fsp3) is 0.625. The molecule has 0 amide bonds. The number of hydrogen-bond donors (Lipinski definition) is 0. The lowest BCUT2D eigenvalue weighted by Gasteiger charge is -2.18. The summed E-state index contributed by atoms with van der Waals surface area (Å²) in [6.07, 6.45) is 0.708. The second-order valence-electron chi connectivity index (χ2n) is 2.71. The lowest BCUT2D eigenvalue weighted by molar-refractivity contribution is 0.111. The van der Waals surface area contributed by atoms with Crippen LogP contribution in [-0.4, -0.2) is 34.1 Å². The van der Waals surface area contributed by atoms with Crippen molar-refractivity contribution in [2.75, 3.05) is 18.0 Å². The monoisotopic (exact) mass is 182 g/mol. The number of rotatable bonds is 4. The van der Waals surface area contributed by atoms with E-state index in [1.165, 1.54) is 0 Å². The molecule has 0 N–H and O–H groups in total. The quantitative estimate of drug-likeness (QED) is 0.635. The Kier molecular flexibility index (Phi) is 3.00. The van der Waals surface area contributed by atoms with Crippen LogP contribution in [0, 0.1) is 0 Å². The first-order valence-electron chi connectivity index (χ1n) is 4.34. The molecule has 1 rings (SSSR count). The van der Waals surface area contributed by atoms with Gasteiger partial charge in [0, 0.05) is 20.1 Å². The molecule has 0 atom stereocenters. The highest BCUT2D eigenvalue weighted by Crippen LogP contribution is 2.09. The molecule has 0 fully saturated rings. The second-order valence-corrected chi connectivity index (χ2v) is 2.71. The smallest absolute Gasteiger partial charge is 0.227 e. The highest BCUT2D eigenvalue weighted by atomic mass is 16.1. The zero-order valence-corrected chi connectivity index (χ0v) is 8.19. The fourth-order valence-electron chi connectivity index (χ4n) is 1.22. The second kappa shape index (κ2) is 4.02. The van der Waals surface area contributed by atoms with Gasteiger partial charge in [-0.2, -0.15) is 0 Å². The number of aldehydes is 1. The Morgan fingerprint density at radius 1 is 1.38 bits per heavy atom. The van der Waals surface area contributed by atoms with Crippen LogP contribution in [0.15, 0.2) is 0 Å². The minimum Gasteiger partial charge on any atom is -0.341 e. The van der Waals surface area contributed by atoms with Gasteiger partial charge in [-0.1, -0.05) is 0 Å². The average Bonchev–Trinajstić information content (AvgIpc) is 2.50. The summed E-state index contributed by atoms with van der Waals surface area (Å²) in [5, 5.41) is 7.69. The third-order valence-electron chi connectivity index (χ3n) is 2.04. The molecule has 0 saturated heterocycles.